The van der Waals surface area contributed by atoms with Gasteiger partial charge in [0.25, 0.3) is 5.91 Å². The third-order valence-corrected chi connectivity index (χ3v) is 4.12. The van der Waals surface area contributed by atoms with E-state index in [2.05, 4.69) is 41.3 Å². The molecule has 25 heavy (non-hydrogen) atoms. The molecule has 2 N–H and O–H groups in total. The number of aryl methyl sites for hydroxylation is 1. The quantitative estimate of drug-likeness (QED) is 0.746. The van der Waals surface area contributed by atoms with Gasteiger partial charge < -0.3 is 14.3 Å². The number of hydrogen-bond donors (Lipinski definition) is 2. The van der Waals surface area contributed by atoms with Crippen LogP contribution in [0.1, 0.15) is 37.0 Å². The van der Waals surface area contributed by atoms with Crippen molar-refractivity contribution in [3.8, 4) is 11.5 Å². The molecule has 0 spiro atoms. The van der Waals surface area contributed by atoms with E-state index in [4.69, 9.17) is 4.42 Å². The topological polar surface area (TPSA) is 88.7 Å². The molecule has 0 saturated heterocycles. The Morgan fingerprint density at radius 3 is 2.80 bits per heavy atom. The summed E-state index contributed by atoms with van der Waals surface area (Å²) in [6.45, 7) is 8.80. The SMILES string of the molecule is Cc1ccc(-c2cc(C(=O)N[C@H](Cn3ccnc3)C(C)(C)C)n[nH]2)o1. The Bertz CT molecular complexity index is 839. The van der Waals surface area contributed by atoms with E-state index < -0.39 is 0 Å². The first kappa shape index (κ1) is 17.0. The van der Waals surface area contributed by atoms with Crippen molar-refractivity contribution in [2.45, 2.75) is 40.3 Å². The standard InChI is InChI=1S/C18H23N5O2/c1-12-5-6-15(25-12)13-9-14(22-21-13)17(24)20-16(18(2,3)4)10-23-8-7-19-11-23/h5-9,11,16H,10H2,1-4H3,(H,20,24)(H,21,22)/t16-/m1/s1. The minimum Gasteiger partial charge on any atom is -0.460 e. The molecule has 0 saturated carbocycles. The Morgan fingerprint density at radius 2 is 2.20 bits per heavy atom. The molecule has 7 heteroatoms. The molecule has 0 aromatic carbocycles. The minimum absolute atomic E-state index is 0.0693. The van der Waals surface area contributed by atoms with Gasteiger partial charge in [-0.1, -0.05) is 20.8 Å². The predicted octanol–water partition coefficient (Wildman–Crippen LogP) is 3.02. The molecule has 0 aliphatic heterocycles. The number of aromatic amines is 1. The van der Waals surface area contributed by atoms with Crippen LogP contribution in [-0.4, -0.2) is 31.7 Å². The summed E-state index contributed by atoms with van der Waals surface area (Å²) in [5.74, 6) is 1.25. The van der Waals surface area contributed by atoms with Crippen LogP contribution < -0.4 is 5.32 Å². The number of amides is 1. The highest BCUT2D eigenvalue weighted by Gasteiger charge is 2.27. The molecule has 3 heterocycles. The summed E-state index contributed by atoms with van der Waals surface area (Å²) in [6.07, 6.45) is 5.36. The van der Waals surface area contributed by atoms with Crippen LogP contribution in [0.5, 0.6) is 0 Å². The van der Waals surface area contributed by atoms with Crippen molar-refractivity contribution in [3.05, 3.63) is 48.4 Å². The first-order chi connectivity index (χ1) is 11.8. The lowest BCUT2D eigenvalue weighted by Crippen LogP contribution is -2.46. The van der Waals surface area contributed by atoms with Crippen molar-refractivity contribution in [1.82, 2.24) is 25.1 Å². The van der Waals surface area contributed by atoms with Gasteiger partial charge >= 0.3 is 0 Å². The number of nitrogens with one attached hydrogen (secondary N) is 2. The maximum atomic E-state index is 12.6. The fourth-order valence-electron chi connectivity index (χ4n) is 2.52. The first-order valence-corrected chi connectivity index (χ1v) is 8.22. The van der Waals surface area contributed by atoms with E-state index in [0.29, 0.717) is 23.7 Å². The molecule has 0 fully saturated rings. The lowest BCUT2D eigenvalue weighted by molar-refractivity contribution is 0.0887. The molecular formula is C18H23N5O2. The maximum Gasteiger partial charge on any atom is 0.272 e. The van der Waals surface area contributed by atoms with E-state index in [1.165, 1.54) is 0 Å². The second-order valence-electron chi connectivity index (χ2n) is 7.23. The molecule has 3 rings (SSSR count). The highest BCUT2D eigenvalue weighted by Crippen LogP contribution is 2.23. The molecule has 0 radical (unpaired) electrons. The molecule has 132 valence electrons. The second-order valence-corrected chi connectivity index (χ2v) is 7.23. The average Bonchev–Trinajstić information content (AvgIpc) is 3.26. The highest BCUT2D eigenvalue weighted by atomic mass is 16.3. The van der Waals surface area contributed by atoms with Gasteiger partial charge in [0, 0.05) is 25.0 Å². The van der Waals surface area contributed by atoms with Gasteiger partial charge in [-0.2, -0.15) is 5.10 Å². The van der Waals surface area contributed by atoms with Crippen LogP contribution in [0.2, 0.25) is 0 Å². The van der Waals surface area contributed by atoms with Crippen LogP contribution in [0.3, 0.4) is 0 Å². The summed E-state index contributed by atoms with van der Waals surface area (Å²) in [7, 11) is 0. The molecular weight excluding hydrogens is 318 g/mol. The summed E-state index contributed by atoms with van der Waals surface area (Å²) in [5.41, 5.74) is 0.904. The Balaban J connectivity index is 1.74. The fraction of sp³-hybridized carbons (Fsp3) is 0.389. The lowest BCUT2D eigenvalue weighted by Gasteiger charge is -2.31. The van der Waals surface area contributed by atoms with E-state index in [0.717, 1.165) is 5.76 Å². The van der Waals surface area contributed by atoms with E-state index >= 15 is 0 Å². The molecule has 0 aliphatic carbocycles. The Hall–Kier alpha value is -2.83. The molecule has 1 atom stereocenters. The summed E-state index contributed by atoms with van der Waals surface area (Å²) < 4.78 is 7.51. The summed E-state index contributed by atoms with van der Waals surface area (Å²) >= 11 is 0. The summed E-state index contributed by atoms with van der Waals surface area (Å²) in [6, 6.07) is 5.35. The van der Waals surface area contributed by atoms with Gasteiger partial charge in [0.2, 0.25) is 0 Å². The highest BCUT2D eigenvalue weighted by molar-refractivity contribution is 5.93. The number of hydrogen-bond acceptors (Lipinski definition) is 4. The molecule has 0 unspecified atom stereocenters. The zero-order valence-electron chi connectivity index (χ0n) is 14.9. The van der Waals surface area contributed by atoms with Gasteiger partial charge in [-0.3, -0.25) is 9.89 Å². The molecule has 0 aliphatic rings. The average molecular weight is 341 g/mol. The van der Waals surface area contributed by atoms with Crippen molar-refractivity contribution in [2.75, 3.05) is 0 Å². The number of aromatic nitrogens is 4. The number of nitrogens with zero attached hydrogens (tertiary/aromatic N) is 3. The van der Waals surface area contributed by atoms with Gasteiger partial charge in [-0.15, -0.1) is 0 Å². The van der Waals surface area contributed by atoms with E-state index in [1.54, 1.807) is 18.6 Å². The molecule has 3 aromatic heterocycles. The predicted molar refractivity (Wildman–Crippen MR) is 94.0 cm³/mol. The number of imidazole rings is 1. The van der Waals surface area contributed by atoms with Crippen LogP contribution >= 0.6 is 0 Å². The molecule has 1 amide bonds. The van der Waals surface area contributed by atoms with Crippen molar-refractivity contribution in [2.24, 2.45) is 5.41 Å². The third-order valence-electron chi connectivity index (χ3n) is 4.12. The van der Waals surface area contributed by atoms with Crippen LogP contribution in [0.15, 0.2) is 41.3 Å². The van der Waals surface area contributed by atoms with E-state index in [9.17, 15) is 4.79 Å². The van der Waals surface area contributed by atoms with Gasteiger partial charge in [0.1, 0.15) is 11.5 Å². The molecule has 3 aromatic rings. The van der Waals surface area contributed by atoms with Crippen molar-refractivity contribution >= 4 is 5.91 Å². The first-order valence-electron chi connectivity index (χ1n) is 8.22. The Kier molecular flexibility index (Phi) is 4.48. The summed E-state index contributed by atoms with van der Waals surface area (Å²) in [4.78, 5) is 16.7. The van der Waals surface area contributed by atoms with Gasteiger partial charge in [-0.25, -0.2) is 4.98 Å². The van der Waals surface area contributed by atoms with E-state index in [-0.39, 0.29) is 17.4 Å². The second kappa shape index (κ2) is 6.58. The van der Waals surface area contributed by atoms with Crippen molar-refractivity contribution in [1.29, 1.82) is 0 Å². The number of H-pyrrole nitrogens is 1. The largest absolute Gasteiger partial charge is 0.460 e. The van der Waals surface area contributed by atoms with Crippen molar-refractivity contribution < 1.29 is 9.21 Å². The molecule has 7 nitrogen and oxygen atoms in total. The fourth-order valence-corrected chi connectivity index (χ4v) is 2.52. The summed E-state index contributed by atoms with van der Waals surface area (Å²) in [5, 5.41) is 10.1. The van der Waals surface area contributed by atoms with Gasteiger partial charge in [0.15, 0.2) is 11.5 Å². The monoisotopic (exact) mass is 341 g/mol. The number of furan rings is 1. The van der Waals surface area contributed by atoms with Gasteiger partial charge in [0.05, 0.1) is 12.4 Å². The van der Waals surface area contributed by atoms with Crippen LogP contribution in [-0.2, 0) is 6.54 Å². The van der Waals surface area contributed by atoms with Crippen LogP contribution in [0.25, 0.3) is 11.5 Å². The number of carbonyl (C=O) groups is 1. The van der Waals surface area contributed by atoms with Crippen LogP contribution in [0, 0.1) is 12.3 Å². The lowest BCUT2D eigenvalue weighted by atomic mass is 9.86. The van der Waals surface area contributed by atoms with Gasteiger partial charge in [-0.05, 0) is 24.5 Å². The third kappa shape index (κ3) is 3.99. The Labute approximate surface area is 146 Å². The molecule has 0 bridgehead atoms. The number of carbonyl (C=O) groups excluding carboxylic acids is 1. The Morgan fingerprint density at radius 1 is 1.40 bits per heavy atom. The minimum atomic E-state index is -0.217. The normalized spacial score (nSPS) is 13.0. The van der Waals surface area contributed by atoms with E-state index in [1.807, 2.05) is 29.8 Å². The zero-order chi connectivity index (χ0) is 18.0. The maximum absolute atomic E-state index is 12.6. The number of rotatable bonds is 5. The van der Waals surface area contributed by atoms with Crippen molar-refractivity contribution in [3.63, 3.8) is 0 Å². The van der Waals surface area contributed by atoms with Crippen LogP contribution in [0.4, 0.5) is 0 Å². The zero-order valence-corrected chi connectivity index (χ0v) is 14.9. The smallest absolute Gasteiger partial charge is 0.272 e.